The van der Waals surface area contributed by atoms with E-state index in [1.807, 2.05) is 62.4 Å². The highest BCUT2D eigenvalue weighted by molar-refractivity contribution is 6.04. The summed E-state index contributed by atoms with van der Waals surface area (Å²) in [4.78, 5) is 29.2. The second-order valence-corrected chi connectivity index (χ2v) is 6.79. The number of benzene rings is 2. The van der Waals surface area contributed by atoms with Crippen molar-refractivity contribution in [1.82, 2.24) is 0 Å². The second-order valence-electron chi connectivity index (χ2n) is 6.79. The Morgan fingerprint density at radius 1 is 1.12 bits per heavy atom. The lowest BCUT2D eigenvalue weighted by molar-refractivity contribution is -0.124. The first-order chi connectivity index (χ1) is 12.5. The Balaban J connectivity index is 1.78. The van der Waals surface area contributed by atoms with Crippen LogP contribution in [-0.4, -0.2) is 24.9 Å². The van der Waals surface area contributed by atoms with Gasteiger partial charge in [-0.25, -0.2) is 0 Å². The quantitative estimate of drug-likeness (QED) is 0.819. The molecule has 0 N–H and O–H groups in total. The van der Waals surface area contributed by atoms with E-state index in [0.717, 1.165) is 23.4 Å². The van der Waals surface area contributed by atoms with Crippen LogP contribution in [0.1, 0.15) is 31.4 Å². The lowest BCUT2D eigenvalue weighted by atomic mass is 10.1. The number of amides is 2. The van der Waals surface area contributed by atoms with Gasteiger partial charge < -0.3 is 9.80 Å². The molecule has 0 unspecified atom stereocenters. The van der Waals surface area contributed by atoms with Crippen LogP contribution in [0.3, 0.4) is 0 Å². The summed E-state index contributed by atoms with van der Waals surface area (Å²) in [7, 11) is 0. The number of aryl methyl sites for hydroxylation is 2. The number of para-hydroxylation sites is 1. The highest BCUT2D eigenvalue weighted by Gasteiger charge is 2.37. The van der Waals surface area contributed by atoms with Gasteiger partial charge in [-0.2, -0.15) is 0 Å². The second kappa shape index (κ2) is 7.73. The normalized spacial score (nSPS) is 16.8. The van der Waals surface area contributed by atoms with E-state index in [9.17, 15) is 9.59 Å². The topological polar surface area (TPSA) is 40.6 Å². The van der Waals surface area contributed by atoms with Gasteiger partial charge in [-0.05, 0) is 49.6 Å². The Hall–Kier alpha value is -2.62. The molecule has 1 aliphatic heterocycles. The maximum Gasteiger partial charge on any atom is 0.232 e. The van der Waals surface area contributed by atoms with Crippen molar-refractivity contribution in [2.24, 2.45) is 5.92 Å². The van der Waals surface area contributed by atoms with E-state index in [1.54, 1.807) is 9.80 Å². The molecule has 0 radical (unpaired) electrons. The molecule has 0 aliphatic carbocycles. The summed E-state index contributed by atoms with van der Waals surface area (Å²) in [5, 5.41) is 0. The monoisotopic (exact) mass is 350 g/mol. The molecule has 3 rings (SSSR count). The van der Waals surface area contributed by atoms with Gasteiger partial charge in [-0.15, -0.1) is 0 Å². The summed E-state index contributed by atoms with van der Waals surface area (Å²) in [6.07, 6.45) is 1.24. The van der Waals surface area contributed by atoms with Crippen LogP contribution in [-0.2, 0) is 16.0 Å². The van der Waals surface area contributed by atoms with Crippen LogP contribution in [0.4, 0.5) is 11.4 Å². The standard InChI is InChI=1S/C22H26N2O2/c1-4-17-10-12-19(13-11-17)24-15-18(14-21(24)25)22(26)23(5-2)20-9-7-6-8-16(20)3/h6-13,18H,4-5,14-15H2,1-3H3/t18-/m0/s1. The van der Waals surface area contributed by atoms with Crippen molar-refractivity contribution in [2.75, 3.05) is 22.9 Å². The summed E-state index contributed by atoms with van der Waals surface area (Å²) in [6.45, 7) is 7.13. The van der Waals surface area contributed by atoms with Crippen molar-refractivity contribution in [1.29, 1.82) is 0 Å². The van der Waals surface area contributed by atoms with Gasteiger partial charge in [0.05, 0.1) is 5.92 Å². The number of anilines is 2. The zero-order valence-corrected chi connectivity index (χ0v) is 15.7. The summed E-state index contributed by atoms with van der Waals surface area (Å²) >= 11 is 0. The van der Waals surface area contributed by atoms with Crippen LogP contribution in [0, 0.1) is 12.8 Å². The van der Waals surface area contributed by atoms with Gasteiger partial charge in [0, 0.05) is 30.9 Å². The van der Waals surface area contributed by atoms with Crippen molar-refractivity contribution in [3.05, 3.63) is 59.7 Å². The minimum Gasteiger partial charge on any atom is -0.312 e. The van der Waals surface area contributed by atoms with Gasteiger partial charge in [0.15, 0.2) is 0 Å². The van der Waals surface area contributed by atoms with Crippen molar-refractivity contribution >= 4 is 23.2 Å². The van der Waals surface area contributed by atoms with Gasteiger partial charge >= 0.3 is 0 Å². The molecule has 2 amide bonds. The summed E-state index contributed by atoms with van der Waals surface area (Å²) in [5.74, 6) is -0.246. The van der Waals surface area contributed by atoms with E-state index < -0.39 is 0 Å². The van der Waals surface area contributed by atoms with Crippen LogP contribution < -0.4 is 9.80 Å². The van der Waals surface area contributed by atoms with Gasteiger partial charge in [-0.3, -0.25) is 9.59 Å². The summed E-state index contributed by atoms with van der Waals surface area (Å²) in [5.41, 5.74) is 4.11. The molecular weight excluding hydrogens is 324 g/mol. The fourth-order valence-electron chi connectivity index (χ4n) is 3.57. The molecule has 1 heterocycles. The molecule has 0 saturated carbocycles. The zero-order valence-electron chi connectivity index (χ0n) is 15.7. The fraction of sp³-hybridized carbons (Fsp3) is 0.364. The van der Waals surface area contributed by atoms with Crippen molar-refractivity contribution < 1.29 is 9.59 Å². The molecule has 0 aromatic heterocycles. The third-order valence-corrected chi connectivity index (χ3v) is 5.12. The van der Waals surface area contributed by atoms with Crippen LogP contribution >= 0.6 is 0 Å². The lowest BCUT2D eigenvalue weighted by Crippen LogP contribution is -2.37. The molecule has 4 heteroatoms. The molecule has 0 spiro atoms. The molecular formula is C22H26N2O2. The van der Waals surface area contributed by atoms with Crippen LogP contribution in [0.2, 0.25) is 0 Å². The molecule has 2 aromatic carbocycles. The third-order valence-electron chi connectivity index (χ3n) is 5.12. The molecule has 26 heavy (non-hydrogen) atoms. The van der Waals surface area contributed by atoms with Gasteiger partial charge in [-0.1, -0.05) is 37.3 Å². The Labute approximate surface area is 155 Å². The van der Waals surface area contributed by atoms with E-state index in [-0.39, 0.29) is 24.2 Å². The number of nitrogens with zero attached hydrogens (tertiary/aromatic N) is 2. The molecule has 1 atom stereocenters. The Bertz CT molecular complexity index is 798. The highest BCUT2D eigenvalue weighted by Crippen LogP contribution is 2.29. The minimum atomic E-state index is -0.298. The van der Waals surface area contributed by atoms with Crippen molar-refractivity contribution in [3.63, 3.8) is 0 Å². The van der Waals surface area contributed by atoms with E-state index in [1.165, 1.54) is 5.56 Å². The Kier molecular flexibility index (Phi) is 5.40. The number of rotatable bonds is 5. The summed E-state index contributed by atoms with van der Waals surface area (Å²) in [6, 6.07) is 15.9. The number of hydrogen-bond acceptors (Lipinski definition) is 2. The van der Waals surface area contributed by atoms with Gasteiger partial charge in [0.25, 0.3) is 0 Å². The average Bonchev–Trinajstić information content (AvgIpc) is 3.05. The van der Waals surface area contributed by atoms with E-state index in [2.05, 4.69) is 6.92 Å². The number of carbonyl (C=O) groups is 2. The highest BCUT2D eigenvalue weighted by atomic mass is 16.2. The largest absolute Gasteiger partial charge is 0.312 e. The number of carbonyl (C=O) groups excluding carboxylic acids is 2. The molecule has 0 bridgehead atoms. The first kappa shape index (κ1) is 18.2. The fourth-order valence-corrected chi connectivity index (χ4v) is 3.57. The maximum absolute atomic E-state index is 13.1. The van der Waals surface area contributed by atoms with E-state index in [4.69, 9.17) is 0 Å². The minimum absolute atomic E-state index is 0.0217. The van der Waals surface area contributed by atoms with Crippen molar-refractivity contribution in [2.45, 2.75) is 33.6 Å². The molecule has 1 saturated heterocycles. The Morgan fingerprint density at radius 2 is 1.81 bits per heavy atom. The summed E-state index contributed by atoms with van der Waals surface area (Å²) < 4.78 is 0. The predicted molar refractivity (Wildman–Crippen MR) is 105 cm³/mol. The van der Waals surface area contributed by atoms with Gasteiger partial charge in [0.2, 0.25) is 11.8 Å². The molecule has 2 aromatic rings. The zero-order chi connectivity index (χ0) is 18.7. The lowest BCUT2D eigenvalue weighted by Gasteiger charge is -2.26. The predicted octanol–water partition coefficient (Wildman–Crippen LogP) is 3.96. The number of hydrogen-bond donors (Lipinski definition) is 0. The maximum atomic E-state index is 13.1. The third kappa shape index (κ3) is 3.50. The first-order valence-corrected chi connectivity index (χ1v) is 9.31. The molecule has 1 aliphatic rings. The van der Waals surface area contributed by atoms with E-state index >= 15 is 0 Å². The smallest absolute Gasteiger partial charge is 0.232 e. The SMILES string of the molecule is CCc1ccc(N2C[C@@H](C(=O)N(CC)c3ccccc3C)CC2=O)cc1. The van der Waals surface area contributed by atoms with Crippen molar-refractivity contribution in [3.8, 4) is 0 Å². The first-order valence-electron chi connectivity index (χ1n) is 9.31. The average molecular weight is 350 g/mol. The van der Waals surface area contributed by atoms with Gasteiger partial charge in [0.1, 0.15) is 0 Å². The van der Waals surface area contributed by atoms with Crippen LogP contribution in [0.15, 0.2) is 48.5 Å². The van der Waals surface area contributed by atoms with Crippen LogP contribution in [0.25, 0.3) is 0 Å². The molecule has 4 nitrogen and oxygen atoms in total. The molecule has 136 valence electrons. The molecule has 1 fully saturated rings. The van der Waals surface area contributed by atoms with Crippen LogP contribution in [0.5, 0.6) is 0 Å². The van der Waals surface area contributed by atoms with E-state index in [0.29, 0.717) is 13.1 Å². The Morgan fingerprint density at radius 3 is 2.42 bits per heavy atom.